The molecule has 7 heteroatoms. The molecule has 1 unspecified atom stereocenters. The normalized spacial score (nSPS) is 24.3. The van der Waals surface area contributed by atoms with Gasteiger partial charge >= 0.3 is 12.0 Å². The van der Waals surface area contributed by atoms with E-state index < -0.39 is 22.7 Å². The van der Waals surface area contributed by atoms with E-state index in [-0.39, 0.29) is 30.7 Å². The number of hydrogen-bond donors (Lipinski definition) is 0. The predicted octanol–water partition coefficient (Wildman–Crippen LogP) is 1.02. The fourth-order valence-electron chi connectivity index (χ4n) is 2.16. The third-order valence-corrected chi connectivity index (χ3v) is 2.86. The number of ketones is 1. The monoisotopic (exact) mass is 270 g/mol. The molecule has 1 aliphatic rings. The maximum Gasteiger partial charge on any atom is 0.327 e. The summed E-state index contributed by atoms with van der Waals surface area (Å²) in [6.07, 6.45) is 0.487. The molecule has 0 bridgehead atoms. The summed E-state index contributed by atoms with van der Waals surface area (Å²) in [5, 5.41) is 10.9. The van der Waals surface area contributed by atoms with E-state index in [0.717, 1.165) is 0 Å². The van der Waals surface area contributed by atoms with Crippen LogP contribution in [0, 0.1) is 15.5 Å². The number of esters is 1. The van der Waals surface area contributed by atoms with Crippen molar-refractivity contribution in [2.45, 2.75) is 39.7 Å². The Kier molecular flexibility index (Phi) is 4.74. The van der Waals surface area contributed by atoms with Gasteiger partial charge in [0.25, 0.3) is 0 Å². The average Bonchev–Trinajstić information content (AvgIpc) is 2.23. The van der Waals surface area contributed by atoms with Crippen LogP contribution in [0.3, 0.4) is 0 Å². The van der Waals surface area contributed by atoms with E-state index in [2.05, 4.69) is 4.99 Å². The largest absolute Gasteiger partial charge is 0.465 e. The minimum atomic E-state index is -1.41. The molecule has 0 amide bonds. The molecule has 0 spiro atoms. The van der Waals surface area contributed by atoms with Crippen molar-refractivity contribution in [3.05, 3.63) is 10.1 Å². The van der Waals surface area contributed by atoms with Crippen LogP contribution in [0.15, 0.2) is 4.99 Å². The Morgan fingerprint density at radius 3 is 2.68 bits per heavy atom. The SMILES string of the molecule is CCOC(=O)CN=C1CC(C)(C)CC(=O)C1[N+](=O)[O-]. The number of ether oxygens (including phenoxy) is 1. The Bertz CT molecular complexity index is 428. The van der Waals surface area contributed by atoms with Crippen molar-refractivity contribution in [1.82, 2.24) is 0 Å². The minimum absolute atomic E-state index is 0.150. The second kappa shape index (κ2) is 5.90. The van der Waals surface area contributed by atoms with Crippen LogP contribution in [0.25, 0.3) is 0 Å². The molecule has 0 N–H and O–H groups in total. The van der Waals surface area contributed by atoms with Gasteiger partial charge in [-0.1, -0.05) is 13.8 Å². The molecule has 106 valence electrons. The van der Waals surface area contributed by atoms with E-state index in [9.17, 15) is 19.7 Å². The van der Waals surface area contributed by atoms with Crippen LogP contribution in [-0.4, -0.2) is 41.6 Å². The Labute approximate surface area is 111 Å². The van der Waals surface area contributed by atoms with E-state index >= 15 is 0 Å². The summed E-state index contributed by atoms with van der Waals surface area (Å²) in [7, 11) is 0. The molecule has 1 aliphatic carbocycles. The van der Waals surface area contributed by atoms with Gasteiger partial charge in [0.2, 0.25) is 5.78 Å². The van der Waals surface area contributed by atoms with Crippen molar-refractivity contribution in [2.24, 2.45) is 10.4 Å². The van der Waals surface area contributed by atoms with Crippen molar-refractivity contribution in [1.29, 1.82) is 0 Å². The highest BCUT2D eigenvalue weighted by Gasteiger charge is 2.45. The molecule has 0 aromatic carbocycles. The van der Waals surface area contributed by atoms with Crippen LogP contribution in [0.4, 0.5) is 0 Å². The molecule has 0 aromatic heterocycles. The van der Waals surface area contributed by atoms with E-state index in [4.69, 9.17) is 4.74 Å². The highest BCUT2D eigenvalue weighted by molar-refractivity contribution is 6.10. The van der Waals surface area contributed by atoms with Gasteiger partial charge in [0, 0.05) is 11.3 Å². The van der Waals surface area contributed by atoms with Crippen molar-refractivity contribution >= 4 is 17.5 Å². The molecule has 0 heterocycles. The molecule has 1 rings (SSSR count). The maximum absolute atomic E-state index is 11.8. The van der Waals surface area contributed by atoms with Gasteiger partial charge in [-0.05, 0) is 18.8 Å². The number of carbonyl (C=O) groups excluding carboxylic acids is 2. The van der Waals surface area contributed by atoms with E-state index in [1.165, 1.54) is 0 Å². The second-order valence-corrected chi connectivity index (χ2v) is 5.28. The molecule has 0 radical (unpaired) electrons. The number of rotatable bonds is 4. The highest BCUT2D eigenvalue weighted by Crippen LogP contribution is 2.32. The summed E-state index contributed by atoms with van der Waals surface area (Å²) < 4.78 is 4.71. The summed E-state index contributed by atoms with van der Waals surface area (Å²) in [5.41, 5.74) is -0.198. The smallest absolute Gasteiger partial charge is 0.327 e. The van der Waals surface area contributed by atoms with Crippen LogP contribution in [0.2, 0.25) is 0 Å². The topological polar surface area (TPSA) is 98.9 Å². The number of aliphatic imine (C=N–C) groups is 1. The molecular formula is C12H18N2O5. The van der Waals surface area contributed by atoms with Crippen LogP contribution in [0.1, 0.15) is 33.6 Å². The van der Waals surface area contributed by atoms with E-state index in [1.807, 2.05) is 13.8 Å². The summed E-state index contributed by atoms with van der Waals surface area (Å²) in [5.74, 6) is -1.00. The van der Waals surface area contributed by atoms with Crippen LogP contribution in [-0.2, 0) is 14.3 Å². The van der Waals surface area contributed by atoms with Gasteiger partial charge in [-0.25, -0.2) is 0 Å². The Morgan fingerprint density at radius 1 is 1.53 bits per heavy atom. The lowest BCUT2D eigenvalue weighted by Crippen LogP contribution is -2.46. The van der Waals surface area contributed by atoms with Gasteiger partial charge < -0.3 is 4.74 Å². The van der Waals surface area contributed by atoms with Crippen molar-refractivity contribution in [3.8, 4) is 0 Å². The number of hydrogen-bond acceptors (Lipinski definition) is 6. The molecular weight excluding hydrogens is 252 g/mol. The Hall–Kier alpha value is -1.79. The summed E-state index contributed by atoms with van der Waals surface area (Å²) in [6.45, 7) is 5.31. The van der Waals surface area contributed by atoms with E-state index in [0.29, 0.717) is 6.42 Å². The molecule has 1 atom stereocenters. The molecule has 0 aromatic rings. The van der Waals surface area contributed by atoms with Gasteiger partial charge in [0.1, 0.15) is 6.54 Å². The number of nitrogens with zero attached hydrogens (tertiary/aromatic N) is 2. The quantitative estimate of drug-likeness (QED) is 0.431. The Balaban J connectivity index is 2.91. The van der Waals surface area contributed by atoms with E-state index in [1.54, 1.807) is 6.92 Å². The first-order valence-electron chi connectivity index (χ1n) is 6.12. The Morgan fingerprint density at radius 2 is 2.16 bits per heavy atom. The summed E-state index contributed by atoms with van der Waals surface area (Å²) in [4.78, 5) is 37.3. The standard InChI is InChI=1S/C12H18N2O5/c1-4-19-10(16)7-13-8-5-12(2,3)6-9(15)11(8)14(17)18/h11H,4-7H2,1-3H3. The minimum Gasteiger partial charge on any atom is -0.465 e. The first-order valence-corrected chi connectivity index (χ1v) is 6.12. The highest BCUT2D eigenvalue weighted by atomic mass is 16.6. The van der Waals surface area contributed by atoms with Crippen molar-refractivity contribution in [3.63, 3.8) is 0 Å². The molecule has 1 saturated carbocycles. The second-order valence-electron chi connectivity index (χ2n) is 5.28. The third kappa shape index (κ3) is 4.11. The van der Waals surface area contributed by atoms with Gasteiger partial charge in [-0.2, -0.15) is 0 Å². The van der Waals surface area contributed by atoms with Gasteiger partial charge in [-0.15, -0.1) is 0 Å². The van der Waals surface area contributed by atoms with Crippen LogP contribution in [0.5, 0.6) is 0 Å². The predicted molar refractivity (Wildman–Crippen MR) is 67.7 cm³/mol. The zero-order valence-electron chi connectivity index (χ0n) is 11.3. The lowest BCUT2D eigenvalue weighted by Gasteiger charge is -2.30. The zero-order chi connectivity index (χ0) is 14.6. The van der Waals surface area contributed by atoms with Crippen LogP contribution >= 0.6 is 0 Å². The molecule has 19 heavy (non-hydrogen) atoms. The van der Waals surface area contributed by atoms with Gasteiger partial charge in [0.15, 0.2) is 0 Å². The first-order chi connectivity index (χ1) is 8.76. The average molecular weight is 270 g/mol. The summed E-state index contributed by atoms with van der Waals surface area (Å²) >= 11 is 0. The van der Waals surface area contributed by atoms with Gasteiger partial charge in [0.05, 0.1) is 12.3 Å². The number of nitro groups is 1. The fraction of sp³-hybridized carbons (Fsp3) is 0.750. The molecule has 0 saturated heterocycles. The fourth-order valence-corrected chi connectivity index (χ4v) is 2.16. The number of Topliss-reactive ketones (excluding diaryl/α,β-unsaturated/α-hetero) is 1. The van der Waals surface area contributed by atoms with Crippen molar-refractivity contribution < 1.29 is 19.2 Å². The number of carbonyl (C=O) groups is 2. The molecule has 1 fully saturated rings. The van der Waals surface area contributed by atoms with Gasteiger partial charge in [-0.3, -0.25) is 24.7 Å². The maximum atomic E-state index is 11.8. The first kappa shape index (κ1) is 15.3. The zero-order valence-corrected chi connectivity index (χ0v) is 11.3. The molecule has 7 nitrogen and oxygen atoms in total. The lowest BCUT2D eigenvalue weighted by molar-refractivity contribution is -0.490. The van der Waals surface area contributed by atoms with Crippen LogP contribution < -0.4 is 0 Å². The lowest BCUT2D eigenvalue weighted by atomic mass is 9.74. The summed E-state index contributed by atoms with van der Waals surface area (Å²) in [6, 6.07) is -1.41. The van der Waals surface area contributed by atoms with Crippen molar-refractivity contribution in [2.75, 3.05) is 13.2 Å². The molecule has 0 aliphatic heterocycles. The third-order valence-electron chi connectivity index (χ3n) is 2.86.